The Hall–Kier alpha value is -1.46. The van der Waals surface area contributed by atoms with Gasteiger partial charge in [0.2, 0.25) is 0 Å². The van der Waals surface area contributed by atoms with Crippen molar-refractivity contribution in [3.8, 4) is 17.6 Å². The summed E-state index contributed by atoms with van der Waals surface area (Å²) in [7, 11) is 1.66. The van der Waals surface area contributed by atoms with Crippen LogP contribution in [-0.4, -0.2) is 20.3 Å². The average molecular weight is 190 g/mol. The summed E-state index contributed by atoms with van der Waals surface area (Å²) in [5, 5.41) is 0. The van der Waals surface area contributed by atoms with Crippen LogP contribution < -0.4 is 4.74 Å². The van der Waals surface area contributed by atoms with E-state index in [0.29, 0.717) is 13.2 Å². The smallest absolute Gasteiger partial charge is 0.119 e. The number of benzene rings is 1. The molecule has 0 saturated heterocycles. The highest BCUT2D eigenvalue weighted by Crippen LogP contribution is 2.11. The predicted octanol–water partition coefficient (Wildman–Crippen LogP) is 2.08. The molecular formula is C12H14O2. The van der Waals surface area contributed by atoms with Gasteiger partial charge in [-0.1, -0.05) is 5.92 Å². The van der Waals surface area contributed by atoms with Crippen molar-refractivity contribution in [3.63, 3.8) is 0 Å². The molecule has 0 amide bonds. The Bertz CT molecular complexity index is 316. The molecule has 0 saturated carbocycles. The van der Waals surface area contributed by atoms with Crippen molar-refractivity contribution in [2.24, 2.45) is 0 Å². The number of hydrogen-bond donors (Lipinski definition) is 0. The lowest BCUT2D eigenvalue weighted by atomic mass is 10.2. The molecule has 1 rings (SSSR count). The molecule has 0 aromatic heterocycles. The van der Waals surface area contributed by atoms with Crippen molar-refractivity contribution in [1.29, 1.82) is 0 Å². The SMILES string of the molecule is CC#Cc1ccc(OCCOC)cc1. The monoisotopic (exact) mass is 190 g/mol. The van der Waals surface area contributed by atoms with Crippen molar-refractivity contribution in [2.75, 3.05) is 20.3 Å². The third-order valence-corrected chi connectivity index (χ3v) is 1.68. The lowest BCUT2D eigenvalue weighted by Crippen LogP contribution is -2.03. The molecule has 0 aliphatic carbocycles. The molecule has 0 heterocycles. The molecule has 0 spiro atoms. The molecule has 1 aromatic rings. The lowest BCUT2D eigenvalue weighted by Gasteiger charge is -2.04. The molecule has 2 nitrogen and oxygen atoms in total. The second-order valence-electron chi connectivity index (χ2n) is 2.74. The Balaban J connectivity index is 2.49. The lowest BCUT2D eigenvalue weighted by molar-refractivity contribution is 0.146. The number of ether oxygens (including phenoxy) is 2. The van der Waals surface area contributed by atoms with Crippen LogP contribution in [0, 0.1) is 11.8 Å². The number of methoxy groups -OCH3 is 1. The third kappa shape index (κ3) is 3.51. The van der Waals surface area contributed by atoms with Crippen molar-refractivity contribution >= 4 is 0 Å². The van der Waals surface area contributed by atoms with Crippen LogP contribution in [0.4, 0.5) is 0 Å². The van der Waals surface area contributed by atoms with E-state index in [0.717, 1.165) is 11.3 Å². The minimum Gasteiger partial charge on any atom is -0.491 e. The maximum absolute atomic E-state index is 5.41. The normalized spacial score (nSPS) is 9.00. The van der Waals surface area contributed by atoms with Crippen molar-refractivity contribution < 1.29 is 9.47 Å². The first-order valence-corrected chi connectivity index (χ1v) is 4.51. The highest BCUT2D eigenvalue weighted by atomic mass is 16.5. The zero-order valence-corrected chi connectivity index (χ0v) is 8.54. The third-order valence-electron chi connectivity index (χ3n) is 1.68. The molecule has 1 aromatic carbocycles. The summed E-state index contributed by atoms with van der Waals surface area (Å²) >= 11 is 0. The minimum atomic E-state index is 0.579. The Labute approximate surface area is 84.8 Å². The van der Waals surface area contributed by atoms with Gasteiger partial charge in [0.25, 0.3) is 0 Å². The molecule has 74 valence electrons. The highest BCUT2D eigenvalue weighted by molar-refractivity contribution is 5.37. The van der Waals surface area contributed by atoms with Gasteiger partial charge < -0.3 is 9.47 Å². The number of rotatable bonds is 4. The molecule has 2 heteroatoms. The Kier molecular flexibility index (Phi) is 4.60. The zero-order valence-electron chi connectivity index (χ0n) is 8.54. The predicted molar refractivity (Wildman–Crippen MR) is 56.4 cm³/mol. The Morgan fingerprint density at radius 1 is 1.14 bits per heavy atom. The topological polar surface area (TPSA) is 18.5 Å². The molecule has 0 aliphatic heterocycles. The summed E-state index contributed by atoms with van der Waals surface area (Å²) < 4.78 is 10.3. The van der Waals surface area contributed by atoms with Crippen molar-refractivity contribution in [1.82, 2.24) is 0 Å². The Morgan fingerprint density at radius 2 is 1.86 bits per heavy atom. The van der Waals surface area contributed by atoms with Crippen LogP contribution in [0.5, 0.6) is 5.75 Å². The first-order valence-electron chi connectivity index (χ1n) is 4.51. The zero-order chi connectivity index (χ0) is 10.2. The van der Waals surface area contributed by atoms with Crippen molar-refractivity contribution in [2.45, 2.75) is 6.92 Å². The fraction of sp³-hybridized carbons (Fsp3) is 0.333. The molecule has 0 radical (unpaired) electrons. The van der Waals surface area contributed by atoms with E-state index in [4.69, 9.17) is 9.47 Å². The second kappa shape index (κ2) is 6.06. The summed E-state index contributed by atoms with van der Waals surface area (Å²) in [6, 6.07) is 7.71. The summed E-state index contributed by atoms with van der Waals surface area (Å²) in [4.78, 5) is 0. The van der Waals surface area contributed by atoms with E-state index in [1.165, 1.54) is 0 Å². The van der Waals surface area contributed by atoms with Crippen LogP contribution in [0.25, 0.3) is 0 Å². The summed E-state index contributed by atoms with van der Waals surface area (Å²) in [5.41, 5.74) is 1.01. The molecule has 0 aliphatic rings. The van der Waals surface area contributed by atoms with Gasteiger partial charge in [-0.05, 0) is 31.2 Å². The molecule has 0 N–H and O–H groups in total. The average Bonchev–Trinajstić information content (AvgIpc) is 2.21. The van der Waals surface area contributed by atoms with E-state index in [1.54, 1.807) is 7.11 Å². The minimum absolute atomic E-state index is 0.579. The van der Waals surface area contributed by atoms with Gasteiger partial charge in [0, 0.05) is 12.7 Å². The van der Waals surface area contributed by atoms with Gasteiger partial charge in [-0.3, -0.25) is 0 Å². The van der Waals surface area contributed by atoms with E-state index in [2.05, 4.69) is 11.8 Å². The summed E-state index contributed by atoms with van der Waals surface area (Å²) in [6.45, 7) is 3.01. The number of hydrogen-bond acceptors (Lipinski definition) is 2. The maximum atomic E-state index is 5.41. The first kappa shape index (κ1) is 10.6. The summed E-state index contributed by atoms with van der Waals surface area (Å²) in [6.07, 6.45) is 0. The fourth-order valence-electron chi connectivity index (χ4n) is 1.02. The Morgan fingerprint density at radius 3 is 2.43 bits per heavy atom. The van der Waals surface area contributed by atoms with Crippen LogP contribution in [0.2, 0.25) is 0 Å². The molecule has 0 fully saturated rings. The van der Waals surface area contributed by atoms with Crippen LogP contribution in [0.1, 0.15) is 12.5 Å². The van der Waals surface area contributed by atoms with Gasteiger partial charge in [-0.15, -0.1) is 5.92 Å². The van der Waals surface area contributed by atoms with Gasteiger partial charge in [-0.2, -0.15) is 0 Å². The van der Waals surface area contributed by atoms with E-state index in [1.807, 2.05) is 31.2 Å². The molecule has 0 atom stereocenters. The van der Waals surface area contributed by atoms with Crippen molar-refractivity contribution in [3.05, 3.63) is 29.8 Å². The van der Waals surface area contributed by atoms with Gasteiger partial charge in [0.15, 0.2) is 0 Å². The molecule has 0 bridgehead atoms. The highest BCUT2D eigenvalue weighted by Gasteiger charge is 1.92. The second-order valence-corrected chi connectivity index (χ2v) is 2.74. The van der Waals surface area contributed by atoms with Crippen LogP contribution in [0.3, 0.4) is 0 Å². The quantitative estimate of drug-likeness (QED) is 0.534. The van der Waals surface area contributed by atoms with Crippen LogP contribution in [0.15, 0.2) is 24.3 Å². The van der Waals surface area contributed by atoms with Crippen LogP contribution >= 0.6 is 0 Å². The van der Waals surface area contributed by atoms with Crippen LogP contribution in [-0.2, 0) is 4.74 Å². The van der Waals surface area contributed by atoms with E-state index in [-0.39, 0.29) is 0 Å². The van der Waals surface area contributed by atoms with Gasteiger partial charge in [0.05, 0.1) is 6.61 Å². The van der Waals surface area contributed by atoms with E-state index in [9.17, 15) is 0 Å². The molecular weight excluding hydrogens is 176 g/mol. The largest absolute Gasteiger partial charge is 0.491 e. The van der Waals surface area contributed by atoms with Gasteiger partial charge >= 0.3 is 0 Å². The van der Waals surface area contributed by atoms with Gasteiger partial charge in [0.1, 0.15) is 12.4 Å². The summed E-state index contributed by atoms with van der Waals surface area (Å²) in [5.74, 6) is 6.67. The van der Waals surface area contributed by atoms with E-state index >= 15 is 0 Å². The molecule has 0 unspecified atom stereocenters. The fourth-order valence-corrected chi connectivity index (χ4v) is 1.02. The van der Waals surface area contributed by atoms with E-state index < -0.39 is 0 Å². The standard InChI is InChI=1S/C12H14O2/c1-3-4-11-5-7-12(8-6-11)14-10-9-13-2/h5-8H,9-10H2,1-2H3. The first-order chi connectivity index (χ1) is 6.86. The maximum Gasteiger partial charge on any atom is 0.119 e. The molecule has 14 heavy (non-hydrogen) atoms. The van der Waals surface area contributed by atoms with Gasteiger partial charge in [-0.25, -0.2) is 0 Å².